The Hall–Kier alpha value is -1.14. The Kier molecular flexibility index (Phi) is 5.22. The Morgan fingerprint density at radius 2 is 2.10 bits per heavy atom. The third kappa shape index (κ3) is 4.17. The molecule has 1 fully saturated rings. The second kappa shape index (κ2) is 6.75. The minimum atomic E-state index is -2.92. The molecule has 1 aliphatic rings. The van der Waals surface area contributed by atoms with Crippen LogP contribution in [-0.4, -0.2) is 42.0 Å². The molecule has 0 bridgehead atoms. The molecule has 21 heavy (non-hydrogen) atoms. The summed E-state index contributed by atoms with van der Waals surface area (Å²) in [5.74, 6) is 0.465. The van der Waals surface area contributed by atoms with Gasteiger partial charge in [0.2, 0.25) is 0 Å². The minimum Gasteiger partial charge on any atom is -0.342 e. The number of nitrogens with zero attached hydrogens (tertiary/aromatic N) is 1. The van der Waals surface area contributed by atoms with Crippen LogP contribution >= 0.6 is 12.2 Å². The number of nitrogens with one attached hydrogen (secondary N) is 1. The van der Waals surface area contributed by atoms with E-state index < -0.39 is 9.84 Å². The molecule has 1 aliphatic heterocycles. The van der Waals surface area contributed by atoms with Gasteiger partial charge in [-0.25, -0.2) is 8.42 Å². The highest BCUT2D eigenvalue weighted by atomic mass is 32.2. The number of sulfone groups is 1. The summed E-state index contributed by atoms with van der Waals surface area (Å²) in [6, 6.07) is 9.93. The second-order valence-corrected chi connectivity index (χ2v) is 8.13. The highest BCUT2D eigenvalue weighted by Gasteiger charge is 2.35. The first-order valence-electron chi connectivity index (χ1n) is 7.27. The fourth-order valence-corrected chi connectivity index (χ4v) is 4.79. The van der Waals surface area contributed by atoms with Gasteiger partial charge in [0.15, 0.2) is 14.9 Å². The molecule has 0 saturated carbocycles. The molecule has 4 nitrogen and oxygen atoms in total. The minimum absolute atomic E-state index is 0.0198. The van der Waals surface area contributed by atoms with Crippen LogP contribution in [-0.2, 0) is 9.84 Å². The Morgan fingerprint density at radius 3 is 2.62 bits per heavy atom. The van der Waals surface area contributed by atoms with Crippen molar-refractivity contribution in [2.75, 3.05) is 16.8 Å². The fourth-order valence-electron chi connectivity index (χ4n) is 2.63. The molecule has 0 amide bonds. The van der Waals surface area contributed by atoms with E-state index in [1.54, 1.807) is 0 Å². The second-order valence-electron chi connectivity index (χ2n) is 5.52. The van der Waals surface area contributed by atoms with Crippen molar-refractivity contribution >= 4 is 32.9 Å². The van der Waals surface area contributed by atoms with Gasteiger partial charge in [0.1, 0.15) is 0 Å². The van der Waals surface area contributed by atoms with Crippen LogP contribution in [0.3, 0.4) is 0 Å². The third-order valence-electron chi connectivity index (χ3n) is 3.93. The third-order valence-corrected chi connectivity index (χ3v) is 5.99. The van der Waals surface area contributed by atoms with Gasteiger partial charge in [-0.1, -0.05) is 25.1 Å². The van der Waals surface area contributed by atoms with E-state index in [9.17, 15) is 8.42 Å². The van der Waals surface area contributed by atoms with Crippen LogP contribution in [0, 0.1) is 0 Å². The average Bonchev–Trinajstić information content (AvgIpc) is 2.79. The predicted octanol–water partition coefficient (Wildman–Crippen LogP) is 2.67. The van der Waals surface area contributed by atoms with Gasteiger partial charge in [-0.05, 0) is 44.1 Å². The van der Waals surface area contributed by atoms with Gasteiger partial charge in [-0.15, -0.1) is 0 Å². The van der Waals surface area contributed by atoms with Gasteiger partial charge in [-0.2, -0.15) is 0 Å². The highest BCUT2D eigenvalue weighted by molar-refractivity contribution is 7.91. The Labute approximate surface area is 132 Å². The molecular formula is C15H22N2O2S2. The molecule has 0 radical (unpaired) electrons. The van der Waals surface area contributed by atoms with Crippen molar-refractivity contribution in [2.45, 2.75) is 38.8 Å². The summed E-state index contributed by atoms with van der Waals surface area (Å²) in [7, 11) is -2.92. The van der Waals surface area contributed by atoms with E-state index in [0.29, 0.717) is 11.5 Å². The van der Waals surface area contributed by atoms with E-state index in [1.807, 2.05) is 30.3 Å². The first kappa shape index (κ1) is 16.2. The predicted molar refractivity (Wildman–Crippen MR) is 91.3 cm³/mol. The number of anilines is 1. The maximum Gasteiger partial charge on any atom is 0.173 e. The summed E-state index contributed by atoms with van der Waals surface area (Å²) in [5, 5.41) is 3.83. The van der Waals surface area contributed by atoms with Crippen molar-refractivity contribution in [1.29, 1.82) is 0 Å². The Balaban J connectivity index is 2.14. The molecule has 2 unspecified atom stereocenters. The summed E-state index contributed by atoms with van der Waals surface area (Å²) < 4.78 is 23.5. The molecule has 6 heteroatoms. The molecule has 0 spiro atoms. The summed E-state index contributed by atoms with van der Waals surface area (Å²) >= 11 is 5.53. The zero-order chi connectivity index (χ0) is 15.5. The molecule has 116 valence electrons. The van der Waals surface area contributed by atoms with Gasteiger partial charge >= 0.3 is 0 Å². The van der Waals surface area contributed by atoms with Crippen LogP contribution in [0.15, 0.2) is 30.3 Å². The number of para-hydroxylation sites is 1. The normalized spacial score (nSPS) is 21.7. The van der Waals surface area contributed by atoms with Gasteiger partial charge in [0.05, 0.1) is 11.5 Å². The number of hydrogen-bond donors (Lipinski definition) is 1. The summed E-state index contributed by atoms with van der Waals surface area (Å²) in [5.41, 5.74) is 0.927. The van der Waals surface area contributed by atoms with Crippen LogP contribution in [0.4, 0.5) is 5.69 Å². The quantitative estimate of drug-likeness (QED) is 0.862. The largest absolute Gasteiger partial charge is 0.342 e. The first-order valence-corrected chi connectivity index (χ1v) is 9.50. The Morgan fingerprint density at radius 1 is 1.43 bits per heavy atom. The van der Waals surface area contributed by atoms with E-state index in [-0.39, 0.29) is 23.6 Å². The monoisotopic (exact) mass is 326 g/mol. The summed E-state index contributed by atoms with van der Waals surface area (Å²) in [4.78, 5) is 2.06. The van der Waals surface area contributed by atoms with Gasteiger partial charge in [-0.3, -0.25) is 0 Å². The first-order chi connectivity index (χ1) is 9.93. The molecule has 0 aromatic heterocycles. The molecule has 1 aromatic rings. The fraction of sp³-hybridized carbons (Fsp3) is 0.533. The molecule has 1 heterocycles. The van der Waals surface area contributed by atoms with Gasteiger partial charge in [0.25, 0.3) is 0 Å². The highest BCUT2D eigenvalue weighted by Crippen LogP contribution is 2.22. The summed E-state index contributed by atoms with van der Waals surface area (Å²) in [6.45, 7) is 4.18. The van der Waals surface area contributed by atoms with Gasteiger partial charge in [0, 0.05) is 17.8 Å². The van der Waals surface area contributed by atoms with Crippen LogP contribution in [0.1, 0.15) is 26.7 Å². The van der Waals surface area contributed by atoms with E-state index in [2.05, 4.69) is 24.1 Å². The maximum atomic E-state index is 11.7. The molecule has 1 aromatic carbocycles. The van der Waals surface area contributed by atoms with Crippen molar-refractivity contribution in [3.63, 3.8) is 0 Å². The maximum absolute atomic E-state index is 11.7. The number of thiocarbonyl (C=S) groups is 1. The van der Waals surface area contributed by atoms with E-state index >= 15 is 0 Å². The lowest BCUT2D eigenvalue weighted by Gasteiger charge is -2.36. The van der Waals surface area contributed by atoms with E-state index in [1.165, 1.54) is 0 Å². The molecule has 1 N–H and O–H groups in total. The summed E-state index contributed by atoms with van der Waals surface area (Å²) in [6.07, 6.45) is 1.58. The Bertz CT molecular complexity index is 587. The zero-order valence-corrected chi connectivity index (χ0v) is 14.1. The number of hydrogen-bond acceptors (Lipinski definition) is 3. The van der Waals surface area contributed by atoms with Crippen LogP contribution < -0.4 is 5.32 Å². The lowest BCUT2D eigenvalue weighted by Crippen LogP contribution is -2.48. The SMILES string of the molecule is CCC(C)N(C(=S)Nc1ccccc1)C1CCS(=O)(=O)C1. The molecule has 2 atom stereocenters. The van der Waals surface area contributed by atoms with Crippen molar-refractivity contribution in [3.05, 3.63) is 30.3 Å². The lowest BCUT2D eigenvalue weighted by molar-refractivity contribution is 0.264. The molecule has 2 rings (SSSR count). The molecule has 1 saturated heterocycles. The standard InChI is InChI=1S/C15H22N2O2S2/c1-3-12(2)17(14-9-10-21(18,19)11-14)15(20)16-13-7-5-4-6-8-13/h4-8,12,14H,3,9-11H2,1-2H3,(H,16,20). The molecular weight excluding hydrogens is 304 g/mol. The van der Waals surface area contributed by atoms with Crippen molar-refractivity contribution in [2.24, 2.45) is 0 Å². The smallest absolute Gasteiger partial charge is 0.173 e. The topological polar surface area (TPSA) is 49.4 Å². The van der Waals surface area contributed by atoms with Crippen molar-refractivity contribution < 1.29 is 8.42 Å². The number of rotatable bonds is 4. The molecule has 0 aliphatic carbocycles. The van der Waals surface area contributed by atoms with Crippen LogP contribution in [0.2, 0.25) is 0 Å². The van der Waals surface area contributed by atoms with Gasteiger partial charge < -0.3 is 10.2 Å². The van der Waals surface area contributed by atoms with E-state index in [4.69, 9.17) is 12.2 Å². The van der Waals surface area contributed by atoms with Crippen LogP contribution in [0.5, 0.6) is 0 Å². The number of benzene rings is 1. The van der Waals surface area contributed by atoms with E-state index in [0.717, 1.165) is 12.1 Å². The van der Waals surface area contributed by atoms with Crippen LogP contribution in [0.25, 0.3) is 0 Å². The zero-order valence-electron chi connectivity index (χ0n) is 12.5. The lowest BCUT2D eigenvalue weighted by atomic mass is 10.1. The van der Waals surface area contributed by atoms with Crippen molar-refractivity contribution in [3.8, 4) is 0 Å². The average molecular weight is 326 g/mol. The van der Waals surface area contributed by atoms with Crippen molar-refractivity contribution in [1.82, 2.24) is 4.90 Å².